The van der Waals surface area contributed by atoms with Gasteiger partial charge >= 0.3 is 6.03 Å². The second-order valence-electron chi connectivity index (χ2n) is 6.30. The molecule has 2 amide bonds. The molecular weight excluding hydrogens is 294 g/mol. The van der Waals surface area contributed by atoms with Crippen molar-refractivity contribution in [2.75, 3.05) is 45.9 Å². The lowest BCUT2D eigenvalue weighted by molar-refractivity contribution is 0.0349. The Labute approximate surface area is 137 Å². The molecule has 7 nitrogen and oxygen atoms in total. The monoisotopic (exact) mass is 321 g/mol. The Hall–Kier alpha value is -1.60. The number of likely N-dealkylation sites (tertiary alicyclic amines) is 1. The van der Waals surface area contributed by atoms with Gasteiger partial charge in [0.15, 0.2) is 0 Å². The number of carbonyl (C=O) groups excluding carboxylic acids is 1. The highest BCUT2D eigenvalue weighted by Crippen LogP contribution is 2.12. The number of rotatable bonds is 5. The van der Waals surface area contributed by atoms with Crippen molar-refractivity contribution in [2.45, 2.75) is 31.9 Å². The van der Waals surface area contributed by atoms with Crippen LogP contribution in [0.5, 0.6) is 0 Å². The summed E-state index contributed by atoms with van der Waals surface area (Å²) in [4.78, 5) is 16.7. The van der Waals surface area contributed by atoms with Gasteiger partial charge in [-0.1, -0.05) is 0 Å². The molecule has 1 atom stereocenters. The van der Waals surface area contributed by atoms with Crippen LogP contribution >= 0.6 is 0 Å². The highest BCUT2D eigenvalue weighted by molar-refractivity contribution is 5.74. The van der Waals surface area contributed by atoms with E-state index < -0.39 is 0 Å². The van der Waals surface area contributed by atoms with E-state index >= 15 is 0 Å². The van der Waals surface area contributed by atoms with Crippen molar-refractivity contribution in [1.82, 2.24) is 24.9 Å². The normalized spacial score (nSPS) is 23.0. The number of nitrogens with zero attached hydrogens (tertiary/aromatic N) is 4. The van der Waals surface area contributed by atoms with Crippen molar-refractivity contribution in [2.24, 2.45) is 0 Å². The second-order valence-corrected chi connectivity index (χ2v) is 6.30. The Balaban J connectivity index is 1.43. The molecule has 0 saturated carbocycles. The van der Waals surface area contributed by atoms with Crippen LogP contribution in [0, 0.1) is 0 Å². The summed E-state index contributed by atoms with van der Waals surface area (Å²) in [6, 6.07) is 1.89. The molecule has 3 heterocycles. The predicted molar refractivity (Wildman–Crippen MR) is 87.2 cm³/mol. The summed E-state index contributed by atoms with van der Waals surface area (Å²) in [6.45, 7) is 6.75. The van der Waals surface area contributed by atoms with Gasteiger partial charge in [-0.05, 0) is 38.4 Å². The molecule has 1 N–H and O–H groups in total. The van der Waals surface area contributed by atoms with Crippen LogP contribution in [-0.2, 0) is 11.3 Å². The quantitative estimate of drug-likeness (QED) is 0.870. The standard InChI is InChI=1S/C16H27N5O2/c22-16(17-6-11-21-10-3-5-18-21)20-9-4-12-23-15(14-20)13-19-7-1-2-8-19/h3,5,10,15H,1-2,4,6-9,11-14H2,(H,17,22)/t15-/m1/s1. The lowest BCUT2D eigenvalue weighted by atomic mass is 10.3. The first-order chi connectivity index (χ1) is 11.3. The molecule has 3 rings (SSSR count). The Bertz CT molecular complexity index is 473. The first-order valence-corrected chi connectivity index (χ1v) is 8.65. The summed E-state index contributed by atoms with van der Waals surface area (Å²) in [7, 11) is 0. The zero-order chi connectivity index (χ0) is 15.9. The van der Waals surface area contributed by atoms with Crippen LogP contribution in [0.1, 0.15) is 19.3 Å². The van der Waals surface area contributed by atoms with Crippen LogP contribution in [0.15, 0.2) is 18.5 Å². The second kappa shape index (κ2) is 8.31. The van der Waals surface area contributed by atoms with E-state index in [-0.39, 0.29) is 12.1 Å². The van der Waals surface area contributed by atoms with Gasteiger partial charge < -0.3 is 19.9 Å². The highest BCUT2D eigenvalue weighted by Gasteiger charge is 2.25. The fraction of sp³-hybridized carbons (Fsp3) is 0.750. The largest absolute Gasteiger partial charge is 0.375 e. The topological polar surface area (TPSA) is 62.6 Å². The minimum atomic E-state index is 0.00841. The van der Waals surface area contributed by atoms with E-state index in [0.717, 1.165) is 39.2 Å². The average Bonchev–Trinajstić information content (AvgIpc) is 3.19. The molecular formula is C16H27N5O2. The maximum Gasteiger partial charge on any atom is 0.317 e. The summed E-state index contributed by atoms with van der Waals surface area (Å²) in [5, 5.41) is 7.13. The number of carbonyl (C=O) groups is 1. The molecule has 0 aliphatic carbocycles. The van der Waals surface area contributed by atoms with Gasteiger partial charge in [0.1, 0.15) is 0 Å². The first kappa shape index (κ1) is 16.3. The molecule has 128 valence electrons. The van der Waals surface area contributed by atoms with Crippen molar-refractivity contribution < 1.29 is 9.53 Å². The number of hydrogen-bond donors (Lipinski definition) is 1. The smallest absolute Gasteiger partial charge is 0.317 e. The third kappa shape index (κ3) is 4.94. The van der Waals surface area contributed by atoms with Gasteiger partial charge in [0.2, 0.25) is 0 Å². The number of ether oxygens (including phenoxy) is 1. The SMILES string of the molecule is O=C(NCCn1cccn1)N1CCCO[C@H](CN2CCCC2)C1. The van der Waals surface area contributed by atoms with Gasteiger partial charge in [-0.15, -0.1) is 0 Å². The molecule has 0 radical (unpaired) electrons. The lowest BCUT2D eigenvalue weighted by Crippen LogP contribution is -2.46. The minimum absolute atomic E-state index is 0.00841. The van der Waals surface area contributed by atoms with Crippen molar-refractivity contribution in [1.29, 1.82) is 0 Å². The van der Waals surface area contributed by atoms with Crippen LogP contribution in [0.2, 0.25) is 0 Å². The third-order valence-corrected chi connectivity index (χ3v) is 4.47. The number of amides is 2. The van der Waals surface area contributed by atoms with E-state index in [1.165, 1.54) is 12.8 Å². The fourth-order valence-electron chi connectivity index (χ4n) is 3.27. The average molecular weight is 321 g/mol. The van der Waals surface area contributed by atoms with Crippen LogP contribution in [0.25, 0.3) is 0 Å². The van der Waals surface area contributed by atoms with Gasteiger partial charge in [0.05, 0.1) is 12.6 Å². The van der Waals surface area contributed by atoms with E-state index in [1.54, 1.807) is 6.20 Å². The molecule has 2 aliphatic rings. The van der Waals surface area contributed by atoms with Gasteiger partial charge in [-0.25, -0.2) is 4.79 Å². The minimum Gasteiger partial charge on any atom is -0.375 e. The summed E-state index contributed by atoms with van der Waals surface area (Å²) in [5.74, 6) is 0. The van der Waals surface area contributed by atoms with Crippen molar-refractivity contribution >= 4 is 6.03 Å². The molecule has 1 aromatic rings. The van der Waals surface area contributed by atoms with Crippen molar-refractivity contribution in [3.05, 3.63) is 18.5 Å². The Morgan fingerprint density at radius 1 is 1.26 bits per heavy atom. The van der Waals surface area contributed by atoms with Crippen molar-refractivity contribution in [3.63, 3.8) is 0 Å². The number of aromatic nitrogens is 2. The number of urea groups is 1. The fourth-order valence-corrected chi connectivity index (χ4v) is 3.27. The summed E-state index contributed by atoms with van der Waals surface area (Å²) < 4.78 is 7.75. The zero-order valence-corrected chi connectivity index (χ0v) is 13.7. The van der Waals surface area contributed by atoms with E-state index in [2.05, 4.69) is 15.3 Å². The number of nitrogens with one attached hydrogen (secondary N) is 1. The van der Waals surface area contributed by atoms with Crippen LogP contribution < -0.4 is 5.32 Å². The van der Waals surface area contributed by atoms with Crippen LogP contribution in [0.3, 0.4) is 0 Å². The van der Waals surface area contributed by atoms with Gasteiger partial charge in [-0.2, -0.15) is 5.10 Å². The summed E-state index contributed by atoms with van der Waals surface area (Å²) in [6.07, 6.45) is 7.25. The Morgan fingerprint density at radius 2 is 2.13 bits per heavy atom. The number of hydrogen-bond acceptors (Lipinski definition) is 4. The maximum absolute atomic E-state index is 12.4. The summed E-state index contributed by atoms with van der Waals surface area (Å²) >= 11 is 0. The third-order valence-electron chi connectivity index (χ3n) is 4.47. The lowest BCUT2D eigenvalue weighted by Gasteiger charge is -2.27. The van der Waals surface area contributed by atoms with Gasteiger partial charge in [0, 0.05) is 45.2 Å². The molecule has 0 aromatic carbocycles. The molecule has 0 unspecified atom stereocenters. The van der Waals surface area contributed by atoms with Gasteiger partial charge in [0.25, 0.3) is 0 Å². The zero-order valence-electron chi connectivity index (χ0n) is 13.7. The molecule has 2 aliphatic heterocycles. The molecule has 23 heavy (non-hydrogen) atoms. The maximum atomic E-state index is 12.4. The first-order valence-electron chi connectivity index (χ1n) is 8.65. The van der Waals surface area contributed by atoms with E-state index in [0.29, 0.717) is 19.6 Å². The molecule has 0 spiro atoms. The van der Waals surface area contributed by atoms with Crippen LogP contribution in [0.4, 0.5) is 4.79 Å². The summed E-state index contributed by atoms with van der Waals surface area (Å²) in [5.41, 5.74) is 0. The molecule has 2 saturated heterocycles. The van der Waals surface area contributed by atoms with Crippen LogP contribution in [-0.4, -0.2) is 77.6 Å². The Morgan fingerprint density at radius 3 is 2.91 bits per heavy atom. The van der Waals surface area contributed by atoms with Gasteiger partial charge in [-0.3, -0.25) is 4.68 Å². The molecule has 7 heteroatoms. The van der Waals surface area contributed by atoms with E-state index in [9.17, 15) is 4.79 Å². The molecule has 2 fully saturated rings. The predicted octanol–water partition coefficient (Wildman–Crippen LogP) is 0.779. The Kier molecular flexibility index (Phi) is 5.87. The highest BCUT2D eigenvalue weighted by atomic mass is 16.5. The molecule has 0 bridgehead atoms. The molecule has 1 aromatic heterocycles. The van der Waals surface area contributed by atoms with E-state index in [1.807, 2.05) is 21.8 Å². The van der Waals surface area contributed by atoms with Crippen molar-refractivity contribution in [3.8, 4) is 0 Å². The van der Waals surface area contributed by atoms with E-state index in [4.69, 9.17) is 4.74 Å².